The maximum atomic E-state index is 12.6. The number of anilines is 1. The van der Waals surface area contributed by atoms with Crippen LogP contribution in [0.25, 0.3) is 0 Å². The van der Waals surface area contributed by atoms with Crippen molar-refractivity contribution >= 4 is 25.9 Å². The number of pyridine rings is 1. The Kier molecular flexibility index (Phi) is 7.12. The van der Waals surface area contributed by atoms with Gasteiger partial charge in [-0.2, -0.15) is 4.31 Å². The first-order valence-electron chi connectivity index (χ1n) is 9.97. The van der Waals surface area contributed by atoms with Crippen LogP contribution in [0.1, 0.15) is 30.4 Å². The molecule has 0 saturated carbocycles. The summed E-state index contributed by atoms with van der Waals surface area (Å²) in [4.78, 5) is 4.61. The van der Waals surface area contributed by atoms with Crippen LogP contribution in [-0.4, -0.2) is 52.3 Å². The lowest BCUT2D eigenvalue weighted by molar-refractivity contribution is 0.346. The van der Waals surface area contributed by atoms with Gasteiger partial charge in [0.25, 0.3) is 0 Å². The van der Waals surface area contributed by atoms with Gasteiger partial charge in [0.15, 0.2) is 0 Å². The molecule has 1 fully saturated rings. The molecular weight excluding hydrogens is 424 g/mol. The van der Waals surface area contributed by atoms with Crippen LogP contribution in [0, 0.1) is 13.8 Å². The molecule has 0 aliphatic carbocycles. The second kappa shape index (κ2) is 9.42. The zero-order chi connectivity index (χ0) is 21.8. The minimum absolute atomic E-state index is 0.172. The minimum atomic E-state index is -3.60. The van der Waals surface area contributed by atoms with E-state index < -0.39 is 20.0 Å². The van der Waals surface area contributed by atoms with Crippen LogP contribution in [0.2, 0.25) is 0 Å². The van der Waals surface area contributed by atoms with Crippen LogP contribution in [-0.2, 0) is 20.0 Å². The number of nitrogens with zero attached hydrogens (tertiary/aromatic N) is 2. The highest BCUT2D eigenvalue weighted by atomic mass is 32.2. The van der Waals surface area contributed by atoms with Crippen molar-refractivity contribution in [2.45, 2.75) is 42.9 Å². The Morgan fingerprint density at radius 1 is 0.967 bits per heavy atom. The number of aromatic nitrogens is 1. The molecule has 2 aromatic rings. The van der Waals surface area contributed by atoms with Gasteiger partial charge in [0.2, 0.25) is 20.0 Å². The number of rotatable bonds is 8. The first-order valence-corrected chi connectivity index (χ1v) is 12.9. The van der Waals surface area contributed by atoms with Crippen molar-refractivity contribution in [1.82, 2.24) is 14.0 Å². The van der Waals surface area contributed by atoms with E-state index in [9.17, 15) is 16.8 Å². The predicted molar refractivity (Wildman–Crippen MR) is 116 cm³/mol. The molecule has 1 aromatic heterocycles. The molecule has 164 valence electrons. The summed E-state index contributed by atoms with van der Waals surface area (Å²) >= 11 is 0. The molecule has 1 saturated heterocycles. The monoisotopic (exact) mass is 452 g/mol. The summed E-state index contributed by atoms with van der Waals surface area (Å²) in [6, 6.07) is 8.42. The van der Waals surface area contributed by atoms with Gasteiger partial charge in [-0.25, -0.2) is 26.5 Å². The highest BCUT2D eigenvalue weighted by Gasteiger charge is 2.26. The predicted octanol–water partition coefficient (Wildman–Crippen LogP) is 2.26. The normalized spacial score (nSPS) is 15.8. The summed E-state index contributed by atoms with van der Waals surface area (Å²) in [6.45, 7) is 5.18. The van der Waals surface area contributed by atoms with E-state index in [2.05, 4.69) is 15.0 Å². The smallest absolute Gasteiger partial charge is 0.244 e. The molecule has 0 atom stereocenters. The second-order valence-electron chi connectivity index (χ2n) is 7.44. The molecule has 1 aromatic carbocycles. The number of benzene rings is 1. The van der Waals surface area contributed by atoms with Crippen molar-refractivity contribution in [3.63, 3.8) is 0 Å². The Hall–Kier alpha value is -2.01. The van der Waals surface area contributed by atoms with Gasteiger partial charge in [-0.15, -0.1) is 0 Å². The van der Waals surface area contributed by atoms with Crippen molar-refractivity contribution in [2.24, 2.45) is 0 Å². The summed E-state index contributed by atoms with van der Waals surface area (Å²) in [5, 5.41) is 3.01. The molecule has 0 radical (unpaired) electrons. The second-order valence-corrected chi connectivity index (χ2v) is 11.1. The largest absolute Gasteiger partial charge is 0.369 e. The molecule has 0 unspecified atom stereocenters. The minimum Gasteiger partial charge on any atom is -0.369 e. The maximum absolute atomic E-state index is 12.6. The molecule has 30 heavy (non-hydrogen) atoms. The Balaban J connectivity index is 1.55. The third kappa shape index (κ3) is 5.37. The number of nitrogens with one attached hydrogen (secondary N) is 2. The van der Waals surface area contributed by atoms with Gasteiger partial charge in [-0.1, -0.05) is 18.6 Å². The summed E-state index contributed by atoms with van der Waals surface area (Å²) in [7, 11) is -7.11. The van der Waals surface area contributed by atoms with E-state index >= 15 is 0 Å². The summed E-state index contributed by atoms with van der Waals surface area (Å²) in [5.74, 6) is 0.485. The molecule has 0 spiro atoms. The molecule has 8 nitrogen and oxygen atoms in total. The fourth-order valence-corrected chi connectivity index (χ4v) is 6.16. The van der Waals surface area contributed by atoms with Crippen molar-refractivity contribution < 1.29 is 16.8 Å². The average Bonchev–Trinajstić information content (AvgIpc) is 2.74. The summed E-state index contributed by atoms with van der Waals surface area (Å²) in [5.41, 5.74) is 1.57. The highest BCUT2D eigenvalue weighted by molar-refractivity contribution is 7.89. The summed E-state index contributed by atoms with van der Waals surface area (Å²) in [6.07, 6.45) is 4.15. The average molecular weight is 453 g/mol. The first kappa shape index (κ1) is 22.7. The molecule has 10 heteroatoms. The van der Waals surface area contributed by atoms with Crippen LogP contribution in [0.5, 0.6) is 0 Å². The summed E-state index contributed by atoms with van der Waals surface area (Å²) < 4.78 is 54.4. The Labute approximate surface area is 178 Å². The molecule has 2 N–H and O–H groups in total. The van der Waals surface area contributed by atoms with Crippen LogP contribution in [0.3, 0.4) is 0 Å². The number of sulfonamides is 2. The third-order valence-corrected chi connectivity index (χ3v) is 8.53. The van der Waals surface area contributed by atoms with Gasteiger partial charge in [-0.05, 0) is 56.0 Å². The van der Waals surface area contributed by atoms with E-state index in [1.54, 1.807) is 25.1 Å². The van der Waals surface area contributed by atoms with Crippen LogP contribution >= 0.6 is 0 Å². The van der Waals surface area contributed by atoms with Gasteiger partial charge in [0.05, 0.1) is 4.90 Å². The van der Waals surface area contributed by atoms with E-state index in [-0.39, 0.29) is 16.3 Å². The van der Waals surface area contributed by atoms with Gasteiger partial charge in [0, 0.05) is 32.4 Å². The van der Waals surface area contributed by atoms with Crippen molar-refractivity contribution in [3.8, 4) is 0 Å². The molecular formula is C20H28N4O4S2. The van der Waals surface area contributed by atoms with Crippen LogP contribution in [0.4, 0.5) is 5.82 Å². The van der Waals surface area contributed by atoms with Crippen molar-refractivity contribution in [1.29, 1.82) is 0 Å². The fourth-order valence-electron chi connectivity index (χ4n) is 3.34. The van der Waals surface area contributed by atoms with Crippen LogP contribution < -0.4 is 10.0 Å². The topological polar surface area (TPSA) is 108 Å². The van der Waals surface area contributed by atoms with E-state index in [1.807, 2.05) is 13.0 Å². The van der Waals surface area contributed by atoms with Crippen molar-refractivity contribution in [2.75, 3.05) is 31.5 Å². The Morgan fingerprint density at radius 2 is 1.70 bits per heavy atom. The third-order valence-electron chi connectivity index (χ3n) is 5.05. The number of piperidine rings is 1. The molecule has 1 aliphatic rings. The fraction of sp³-hybridized carbons (Fsp3) is 0.450. The molecule has 0 bridgehead atoms. The first-order chi connectivity index (χ1) is 14.2. The molecule has 3 rings (SSSR count). The van der Waals surface area contributed by atoms with Crippen LogP contribution in [0.15, 0.2) is 46.3 Å². The lowest BCUT2D eigenvalue weighted by Gasteiger charge is -2.25. The van der Waals surface area contributed by atoms with Gasteiger partial charge in [0.1, 0.15) is 10.7 Å². The lowest BCUT2D eigenvalue weighted by Crippen LogP contribution is -2.35. The Morgan fingerprint density at radius 3 is 2.37 bits per heavy atom. The number of hydrogen-bond donors (Lipinski definition) is 2. The van der Waals surface area contributed by atoms with E-state index in [0.29, 0.717) is 31.0 Å². The lowest BCUT2D eigenvalue weighted by atomic mass is 10.2. The van der Waals surface area contributed by atoms with Crippen molar-refractivity contribution in [3.05, 3.63) is 47.7 Å². The van der Waals surface area contributed by atoms with Gasteiger partial charge in [-0.3, -0.25) is 0 Å². The Bertz CT molecular complexity index is 1080. The standard InChI is InChI=1S/C20H28N4O4S2/c1-16-6-7-17(2)19(14-16)29(25,26)23-11-10-21-20-9-8-18(15-22-20)30(27,28)24-12-4-3-5-13-24/h6-9,14-15,23H,3-5,10-13H2,1-2H3,(H,21,22). The quantitative estimate of drug-likeness (QED) is 0.595. The highest BCUT2D eigenvalue weighted by Crippen LogP contribution is 2.21. The number of aryl methyl sites for hydroxylation is 2. The molecule has 1 aliphatic heterocycles. The molecule has 2 heterocycles. The zero-order valence-corrected chi connectivity index (χ0v) is 18.9. The van der Waals surface area contributed by atoms with E-state index in [0.717, 1.165) is 24.8 Å². The zero-order valence-electron chi connectivity index (χ0n) is 17.3. The van der Waals surface area contributed by atoms with Gasteiger partial charge >= 0.3 is 0 Å². The van der Waals surface area contributed by atoms with E-state index in [1.165, 1.54) is 16.6 Å². The number of hydrogen-bond acceptors (Lipinski definition) is 6. The van der Waals surface area contributed by atoms with E-state index in [4.69, 9.17) is 0 Å². The molecule has 0 amide bonds. The maximum Gasteiger partial charge on any atom is 0.244 e. The van der Waals surface area contributed by atoms with Gasteiger partial charge < -0.3 is 5.32 Å². The SMILES string of the molecule is Cc1ccc(C)c(S(=O)(=O)NCCNc2ccc(S(=O)(=O)N3CCCCC3)cn2)c1.